The van der Waals surface area contributed by atoms with Crippen molar-refractivity contribution < 1.29 is 14.3 Å². The number of nitrogens with one attached hydrogen (secondary N) is 3. The minimum absolute atomic E-state index is 0.483. The summed E-state index contributed by atoms with van der Waals surface area (Å²) in [6.45, 7) is 5.45. The molecule has 0 aliphatic heterocycles. The van der Waals surface area contributed by atoms with Crippen LogP contribution in [0.1, 0.15) is 18.1 Å². The molecule has 0 aliphatic rings. The van der Waals surface area contributed by atoms with E-state index in [9.17, 15) is 9.59 Å². The number of carbonyl (C=O) groups excluding carboxylic acids is 2. The van der Waals surface area contributed by atoms with Crippen molar-refractivity contribution in [1.29, 1.82) is 0 Å². The van der Waals surface area contributed by atoms with Gasteiger partial charge >= 0.3 is 6.03 Å². The number of hydrazine groups is 2. The molecule has 7 nitrogen and oxygen atoms in total. The van der Waals surface area contributed by atoms with Crippen molar-refractivity contribution in [3.8, 4) is 5.75 Å². The molecule has 0 saturated carbocycles. The largest absolute Gasteiger partial charge is 0.481 e. The maximum atomic E-state index is 11.6. The van der Waals surface area contributed by atoms with Gasteiger partial charge in [-0.15, -0.1) is 0 Å². The molecule has 1 aromatic carbocycles. The first-order valence-corrected chi connectivity index (χ1v) is 5.74. The lowest BCUT2D eigenvalue weighted by Crippen LogP contribution is -2.52. The third-order valence-electron chi connectivity index (χ3n) is 2.43. The van der Waals surface area contributed by atoms with Crippen LogP contribution in [-0.2, 0) is 4.79 Å². The van der Waals surface area contributed by atoms with Crippen LogP contribution in [-0.4, -0.2) is 18.0 Å². The van der Waals surface area contributed by atoms with Crippen molar-refractivity contribution in [2.24, 2.45) is 5.84 Å². The first-order chi connectivity index (χ1) is 8.93. The first kappa shape index (κ1) is 14.8. The fraction of sp³-hybridized carbons (Fsp3) is 0.333. The smallest absolute Gasteiger partial charge is 0.347 e. The average molecular weight is 266 g/mol. The number of hydrogen-bond donors (Lipinski definition) is 4. The Morgan fingerprint density at radius 1 is 1.26 bits per heavy atom. The minimum Gasteiger partial charge on any atom is -0.481 e. The number of nitrogens with two attached hydrogens (primary N) is 1. The summed E-state index contributed by atoms with van der Waals surface area (Å²) in [7, 11) is 0. The summed E-state index contributed by atoms with van der Waals surface area (Å²) < 4.78 is 5.51. The number of urea groups is 1. The van der Waals surface area contributed by atoms with E-state index in [0.29, 0.717) is 5.75 Å². The van der Waals surface area contributed by atoms with Crippen LogP contribution in [0.25, 0.3) is 0 Å². The van der Waals surface area contributed by atoms with Crippen LogP contribution in [0.5, 0.6) is 5.75 Å². The van der Waals surface area contributed by atoms with Crippen LogP contribution < -0.4 is 26.9 Å². The van der Waals surface area contributed by atoms with Crippen molar-refractivity contribution in [2.75, 3.05) is 0 Å². The van der Waals surface area contributed by atoms with Crippen molar-refractivity contribution in [1.82, 2.24) is 16.3 Å². The van der Waals surface area contributed by atoms with E-state index in [1.807, 2.05) is 31.4 Å². The van der Waals surface area contributed by atoms with Crippen LogP contribution in [0, 0.1) is 13.8 Å². The van der Waals surface area contributed by atoms with Gasteiger partial charge in [0.1, 0.15) is 5.75 Å². The Kier molecular flexibility index (Phi) is 5.13. The molecule has 104 valence electrons. The Morgan fingerprint density at radius 2 is 1.95 bits per heavy atom. The summed E-state index contributed by atoms with van der Waals surface area (Å²) >= 11 is 0. The van der Waals surface area contributed by atoms with E-state index in [2.05, 4.69) is 10.9 Å². The Labute approximate surface area is 111 Å². The Hall–Kier alpha value is -2.28. The zero-order valence-corrected chi connectivity index (χ0v) is 11.1. The lowest BCUT2D eigenvalue weighted by atomic mass is 10.1. The molecule has 5 N–H and O–H groups in total. The molecule has 0 heterocycles. The second-order valence-electron chi connectivity index (χ2n) is 4.12. The molecule has 0 aromatic heterocycles. The number of amides is 3. The van der Waals surface area contributed by atoms with Crippen LogP contribution in [0.4, 0.5) is 4.79 Å². The van der Waals surface area contributed by atoms with E-state index >= 15 is 0 Å². The highest BCUT2D eigenvalue weighted by Crippen LogP contribution is 2.19. The highest BCUT2D eigenvalue weighted by Gasteiger charge is 2.16. The maximum absolute atomic E-state index is 11.6. The molecule has 3 amide bonds. The lowest BCUT2D eigenvalue weighted by Gasteiger charge is -2.16. The van der Waals surface area contributed by atoms with Gasteiger partial charge < -0.3 is 4.74 Å². The lowest BCUT2D eigenvalue weighted by molar-refractivity contribution is -0.128. The SMILES string of the molecule is Cc1ccc(OC(C)C(=O)NNC(=O)NN)c(C)c1. The molecular weight excluding hydrogens is 248 g/mol. The van der Waals surface area contributed by atoms with Gasteiger partial charge in [-0.25, -0.2) is 16.1 Å². The standard InChI is InChI=1S/C12H18N4O3/c1-7-4-5-10(8(2)6-7)19-9(3)11(17)15-16-12(18)14-13/h4-6,9H,13H2,1-3H3,(H,15,17)(H2,14,16,18). The number of rotatable bonds is 3. The Bertz CT molecular complexity index is 476. The van der Waals surface area contributed by atoms with Crippen LogP contribution >= 0.6 is 0 Å². The van der Waals surface area contributed by atoms with Gasteiger partial charge in [0, 0.05) is 0 Å². The van der Waals surface area contributed by atoms with E-state index in [1.54, 1.807) is 13.0 Å². The Balaban J connectivity index is 2.56. The molecule has 0 fully saturated rings. The molecule has 1 atom stereocenters. The first-order valence-electron chi connectivity index (χ1n) is 5.74. The maximum Gasteiger partial charge on any atom is 0.347 e. The van der Waals surface area contributed by atoms with E-state index in [4.69, 9.17) is 10.6 Å². The number of hydrogen-bond acceptors (Lipinski definition) is 4. The zero-order valence-electron chi connectivity index (χ0n) is 11.1. The van der Waals surface area contributed by atoms with E-state index in [-0.39, 0.29) is 0 Å². The van der Waals surface area contributed by atoms with Gasteiger partial charge in [-0.2, -0.15) is 0 Å². The molecular formula is C12H18N4O3. The normalized spacial score (nSPS) is 11.4. The second kappa shape index (κ2) is 6.60. The second-order valence-corrected chi connectivity index (χ2v) is 4.12. The topological polar surface area (TPSA) is 105 Å². The number of carbonyl (C=O) groups is 2. The molecule has 1 aromatic rings. The molecule has 0 bridgehead atoms. The molecule has 19 heavy (non-hydrogen) atoms. The molecule has 0 aliphatic carbocycles. The molecule has 1 rings (SSSR count). The molecule has 0 radical (unpaired) electrons. The number of benzene rings is 1. The fourth-order valence-electron chi connectivity index (χ4n) is 1.43. The van der Waals surface area contributed by atoms with Gasteiger partial charge in [0.05, 0.1) is 0 Å². The quantitative estimate of drug-likeness (QED) is 0.358. The van der Waals surface area contributed by atoms with Gasteiger partial charge in [0.25, 0.3) is 5.91 Å². The third-order valence-corrected chi connectivity index (χ3v) is 2.43. The van der Waals surface area contributed by atoms with Crippen LogP contribution in [0.15, 0.2) is 18.2 Å². The fourth-order valence-corrected chi connectivity index (χ4v) is 1.43. The molecule has 7 heteroatoms. The Morgan fingerprint density at radius 3 is 2.53 bits per heavy atom. The summed E-state index contributed by atoms with van der Waals surface area (Å²) in [6.07, 6.45) is -0.750. The highest BCUT2D eigenvalue weighted by molar-refractivity contribution is 5.83. The minimum atomic E-state index is -0.750. The number of ether oxygens (including phenoxy) is 1. The van der Waals surface area contributed by atoms with Gasteiger partial charge in [0.2, 0.25) is 0 Å². The van der Waals surface area contributed by atoms with Gasteiger partial charge in [-0.1, -0.05) is 17.7 Å². The van der Waals surface area contributed by atoms with Gasteiger partial charge in [0.15, 0.2) is 6.10 Å². The van der Waals surface area contributed by atoms with E-state index in [1.165, 1.54) is 0 Å². The van der Waals surface area contributed by atoms with E-state index < -0.39 is 18.0 Å². The average Bonchev–Trinajstić information content (AvgIpc) is 2.38. The highest BCUT2D eigenvalue weighted by atomic mass is 16.5. The van der Waals surface area contributed by atoms with Crippen molar-refractivity contribution in [3.63, 3.8) is 0 Å². The van der Waals surface area contributed by atoms with Crippen LogP contribution in [0.2, 0.25) is 0 Å². The van der Waals surface area contributed by atoms with Crippen molar-refractivity contribution >= 4 is 11.9 Å². The van der Waals surface area contributed by atoms with Crippen molar-refractivity contribution in [2.45, 2.75) is 26.9 Å². The monoisotopic (exact) mass is 266 g/mol. The van der Waals surface area contributed by atoms with Crippen LogP contribution in [0.3, 0.4) is 0 Å². The summed E-state index contributed by atoms with van der Waals surface area (Å²) in [5, 5.41) is 0. The van der Waals surface area contributed by atoms with Crippen molar-refractivity contribution in [3.05, 3.63) is 29.3 Å². The summed E-state index contributed by atoms with van der Waals surface area (Å²) in [5.74, 6) is 4.99. The molecule has 1 unspecified atom stereocenters. The predicted molar refractivity (Wildman–Crippen MR) is 70.0 cm³/mol. The van der Waals surface area contributed by atoms with Gasteiger partial charge in [-0.3, -0.25) is 15.6 Å². The zero-order chi connectivity index (χ0) is 14.4. The molecule has 0 spiro atoms. The summed E-state index contributed by atoms with van der Waals surface area (Å²) in [4.78, 5) is 22.4. The number of aryl methyl sites for hydroxylation is 2. The predicted octanol–water partition coefficient (Wildman–Crippen LogP) is 0.275. The third kappa shape index (κ3) is 4.47. The molecule has 0 saturated heterocycles. The summed E-state index contributed by atoms with van der Waals surface area (Å²) in [5.41, 5.74) is 8.12. The van der Waals surface area contributed by atoms with Gasteiger partial charge in [-0.05, 0) is 32.4 Å². The summed E-state index contributed by atoms with van der Waals surface area (Å²) in [6, 6.07) is 4.94. The van der Waals surface area contributed by atoms with E-state index in [0.717, 1.165) is 11.1 Å².